The molecule has 3 rings (SSSR count). The Morgan fingerprint density at radius 1 is 0.795 bits per heavy atom. The highest BCUT2D eigenvalue weighted by molar-refractivity contribution is 5.98. The maximum Gasteiger partial charge on any atom is 0.359 e. The van der Waals surface area contributed by atoms with Gasteiger partial charge in [0.05, 0.1) is 42.3 Å². The molecule has 0 saturated heterocycles. The fourth-order valence-electron chi connectivity index (χ4n) is 3.04. The predicted molar refractivity (Wildman–Crippen MR) is 139 cm³/mol. The van der Waals surface area contributed by atoms with Gasteiger partial charge in [0, 0.05) is 18.2 Å². The molecule has 0 heterocycles. The molecule has 0 aliphatic carbocycles. The molecule has 0 fully saturated rings. The standard InChI is InChI=1S/C26H25N5O8/c1-4-37-25(32)24(26(33)38-5-2)39-21-13-8-18(9-14-21)28-30-22-15-10-19(16-23(22)36-3)29-27-17-6-11-20(12-7-17)31(34)35/h6-16,24H,4-5H2,1-3H3. The Morgan fingerprint density at radius 3 is 1.85 bits per heavy atom. The minimum Gasteiger partial charge on any atom is -0.494 e. The van der Waals surface area contributed by atoms with Gasteiger partial charge in [-0.15, -0.1) is 5.11 Å². The Kier molecular flexibility index (Phi) is 10.1. The van der Waals surface area contributed by atoms with Crippen LogP contribution in [0.3, 0.4) is 0 Å². The third kappa shape index (κ3) is 8.15. The first-order valence-electron chi connectivity index (χ1n) is 11.7. The van der Waals surface area contributed by atoms with Gasteiger partial charge in [-0.1, -0.05) is 0 Å². The number of carbonyl (C=O) groups is 2. The van der Waals surface area contributed by atoms with E-state index in [1.165, 1.54) is 43.5 Å². The summed E-state index contributed by atoms with van der Waals surface area (Å²) >= 11 is 0. The minimum absolute atomic E-state index is 0.0370. The molecule has 3 aromatic carbocycles. The molecule has 0 radical (unpaired) electrons. The third-order valence-corrected chi connectivity index (χ3v) is 4.87. The Bertz CT molecular complexity index is 1340. The number of hydrogen-bond acceptors (Lipinski definition) is 12. The summed E-state index contributed by atoms with van der Waals surface area (Å²) in [5, 5.41) is 27.3. The van der Waals surface area contributed by atoms with Crippen LogP contribution in [0, 0.1) is 10.1 Å². The van der Waals surface area contributed by atoms with Crippen LogP contribution in [0.2, 0.25) is 0 Å². The number of carbonyl (C=O) groups excluding carboxylic acids is 2. The zero-order valence-electron chi connectivity index (χ0n) is 21.3. The van der Waals surface area contributed by atoms with Crippen molar-refractivity contribution in [2.24, 2.45) is 20.5 Å². The first kappa shape index (κ1) is 28.4. The van der Waals surface area contributed by atoms with E-state index in [-0.39, 0.29) is 24.7 Å². The highest BCUT2D eigenvalue weighted by Crippen LogP contribution is 2.34. The van der Waals surface area contributed by atoms with Crippen molar-refractivity contribution in [2.75, 3.05) is 20.3 Å². The zero-order chi connectivity index (χ0) is 28.2. The Balaban J connectivity index is 1.69. The van der Waals surface area contributed by atoms with E-state index in [1.807, 2.05) is 0 Å². The molecule has 0 aliphatic heterocycles. The molecule has 0 saturated carbocycles. The van der Waals surface area contributed by atoms with Crippen molar-refractivity contribution in [3.63, 3.8) is 0 Å². The van der Waals surface area contributed by atoms with Crippen LogP contribution in [0.4, 0.5) is 28.4 Å². The van der Waals surface area contributed by atoms with Crippen molar-refractivity contribution < 1.29 is 33.5 Å². The molecule has 0 bridgehead atoms. The van der Waals surface area contributed by atoms with Crippen molar-refractivity contribution in [3.8, 4) is 11.5 Å². The average Bonchev–Trinajstić information content (AvgIpc) is 2.94. The molecule has 202 valence electrons. The van der Waals surface area contributed by atoms with Gasteiger partial charge in [-0.3, -0.25) is 10.1 Å². The number of methoxy groups -OCH3 is 1. The summed E-state index contributed by atoms with van der Waals surface area (Å²) in [4.78, 5) is 34.5. The van der Waals surface area contributed by atoms with Crippen LogP contribution >= 0.6 is 0 Å². The molecule has 0 spiro atoms. The third-order valence-electron chi connectivity index (χ3n) is 4.87. The van der Waals surface area contributed by atoms with Gasteiger partial charge in [0.25, 0.3) is 11.8 Å². The fourth-order valence-corrected chi connectivity index (χ4v) is 3.04. The van der Waals surface area contributed by atoms with Crippen molar-refractivity contribution in [2.45, 2.75) is 20.0 Å². The molecule has 13 nitrogen and oxygen atoms in total. The number of rotatable bonds is 12. The van der Waals surface area contributed by atoms with E-state index in [0.717, 1.165) is 0 Å². The van der Waals surface area contributed by atoms with Crippen LogP contribution in [0.25, 0.3) is 0 Å². The first-order chi connectivity index (χ1) is 18.8. The van der Waals surface area contributed by atoms with Gasteiger partial charge in [-0.2, -0.15) is 15.3 Å². The number of azo groups is 2. The summed E-state index contributed by atoms with van der Waals surface area (Å²) in [6.07, 6.45) is -1.54. The number of ether oxygens (including phenoxy) is 4. The number of esters is 2. The highest BCUT2D eigenvalue weighted by atomic mass is 16.6. The van der Waals surface area contributed by atoms with Crippen LogP contribution in [-0.2, 0) is 19.1 Å². The molecule has 0 N–H and O–H groups in total. The summed E-state index contributed by atoms with van der Waals surface area (Å²) in [5.74, 6) is -1.06. The lowest BCUT2D eigenvalue weighted by atomic mass is 10.2. The average molecular weight is 536 g/mol. The summed E-state index contributed by atoms with van der Waals surface area (Å²) in [7, 11) is 1.47. The highest BCUT2D eigenvalue weighted by Gasteiger charge is 2.31. The Morgan fingerprint density at radius 2 is 1.31 bits per heavy atom. The smallest absolute Gasteiger partial charge is 0.359 e. The number of nitro groups is 1. The number of benzene rings is 3. The van der Waals surface area contributed by atoms with Crippen LogP contribution in [-0.4, -0.2) is 43.3 Å². The number of nitro benzene ring substituents is 1. The molecule has 0 aromatic heterocycles. The normalized spacial score (nSPS) is 11.1. The maximum absolute atomic E-state index is 12.1. The van der Waals surface area contributed by atoms with Crippen LogP contribution < -0.4 is 9.47 Å². The predicted octanol–water partition coefficient (Wildman–Crippen LogP) is 6.31. The summed E-state index contributed by atoms with van der Waals surface area (Å²) in [6, 6.07) is 16.8. The van der Waals surface area contributed by atoms with Crippen molar-refractivity contribution in [1.29, 1.82) is 0 Å². The van der Waals surface area contributed by atoms with E-state index < -0.39 is 23.0 Å². The monoisotopic (exact) mass is 535 g/mol. The number of non-ortho nitro benzene ring substituents is 1. The van der Waals surface area contributed by atoms with Crippen LogP contribution in [0.1, 0.15) is 13.8 Å². The lowest BCUT2D eigenvalue weighted by molar-refractivity contribution is -0.384. The molecule has 39 heavy (non-hydrogen) atoms. The van der Waals surface area contributed by atoms with Crippen molar-refractivity contribution in [1.82, 2.24) is 0 Å². The first-order valence-corrected chi connectivity index (χ1v) is 11.7. The number of hydrogen-bond donors (Lipinski definition) is 0. The van der Waals surface area contributed by atoms with Crippen molar-refractivity contribution in [3.05, 3.63) is 76.8 Å². The zero-order valence-corrected chi connectivity index (χ0v) is 21.3. The summed E-state index contributed by atoms with van der Waals surface area (Å²) in [6.45, 7) is 3.41. The van der Waals surface area contributed by atoms with Gasteiger partial charge in [-0.05, 0) is 62.4 Å². The van der Waals surface area contributed by atoms with Gasteiger partial charge in [0.15, 0.2) is 0 Å². The molecule has 13 heteroatoms. The Hall–Kier alpha value is -5.20. The second kappa shape index (κ2) is 13.9. The minimum atomic E-state index is -1.54. The second-order valence-electron chi connectivity index (χ2n) is 7.53. The molecule has 0 aliphatic rings. The van der Waals surface area contributed by atoms with E-state index >= 15 is 0 Å². The lowest BCUT2D eigenvalue weighted by Crippen LogP contribution is -2.38. The molecule has 3 aromatic rings. The largest absolute Gasteiger partial charge is 0.494 e. The quantitative estimate of drug-likeness (QED) is 0.0856. The Labute approximate surface area is 223 Å². The van der Waals surface area contributed by atoms with Crippen LogP contribution in [0.15, 0.2) is 87.2 Å². The SMILES string of the molecule is CCOC(=O)C(Oc1ccc(N=Nc2ccc(N=Nc3ccc([N+](=O)[O-])cc3)cc2OC)cc1)C(=O)OCC. The van der Waals surface area contributed by atoms with Crippen molar-refractivity contribution >= 4 is 40.4 Å². The summed E-state index contributed by atoms with van der Waals surface area (Å²) in [5.41, 5.74) is 1.78. The van der Waals surface area contributed by atoms with Gasteiger partial charge >= 0.3 is 11.9 Å². The number of nitrogens with zero attached hydrogens (tertiary/aromatic N) is 5. The molecular weight excluding hydrogens is 510 g/mol. The maximum atomic E-state index is 12.1. The molecule has 0 atom stereocenters. The van der Waals surface area contributed by atoms with E-state index in [9.17, 15) is 19.7 Å². The van der Waals surface area contributed by atoms with Crippen LogP contribution in [0.5, 0.6) is 11.5 Å². The lowest BCUT2D eigenvalue weighted by Gasteiger charge is -2.16. The van der Waals surface area contributed by atoms with Gasteiger partial charge in [-0.25, -0.2) is 9.59 Å². The van der Waals surface area contributed by atoms with E-state index in [0.29, 0.717) is 28.5 Å². The van der Waals surface area contributed by atoms with Gasteiger partial charge in [0.1, 0.15) is 17.2 Å². The summed E-state index contributed by atoms with van der Waals surface area (Å²) < 4.78 is 20.6. The van der Waals surface area contributed by atoms with Gasteiger partial charge in [0.2, 0.25) is 0 Å². The second-order valence-corrected chi connectivity index (χ2v) is 7.53. The fraction of sp³-hybridized carbons (Fsp3) is 0.231. The topological polar surface area (TPSA) is 164 Å². The van der Waals surface area contributed by atoms with E-state index in [2.05, 4.69) is 20.5 Å². The van der Waals surface area contributed by atoms with E-state index in [1.54, 1.807) is 44.2 Å². The molecule has 0 unspecified atom stereocenters. The van der Waals surface area contributed by atoms with E-state index in [4.69, 9.17) is 18.9 Å². The molecule has 0 amide bonds. The van der Waals surface area contributed by atoms with Gasteiger partial charge < -0.3 is 18.9 Å². The molecular formula is C26H25N5O8.